The van der Waals surface area contributed by atoms with Crippen molar-refractivity contribution in [2.24, 2.45) is 7.05 Å². The highest BCUT2D eigenvalue weighted by atomic mass is 19.1. The molecule has 0 aliphatic rings. The van der Waals surface area contributed by atoms with Gasteiger partial charge < -0.3 is 4.57 Å². The van der Waals surface area contributed by atoms with Crippen LogP contribution >= 0.6 is 0 Å². The Labute approximate surface area is 182 Å². The molecule has 5 aromatic rings. The standard InChI is InChI=1S/C24H22FN5O2/c1-15-13-28-20-21(26-23(28)30(15)16(2)18-7-5-4-6-8-18)27(3)24(32)29(22(20)31)14-17-9-11-19(25)12-10-17/h4-13,16H,14H2,1-3H3/t16-/m0/s1. The van der Waals surface area contributed by atoms with Gasteiger partial charge in [0.1, 0.15) is 5.82 Å². The van der Waals surface area contributed by atoms with Crippen LogP contribution in [0.5, 0.6) is 0 Å². The second-order valence-corrected chi connectivity index (χ2v) is 8.04. The van der Waals surface area contributed by atoms with Crippen molar-refractivity contribution in [3.05, 3.63) is 104 Å². The molecule has 2 aromatic carbocycles. The smallest absolute Gasteiger partial charge is 0.307 e. The van der Waals surface area contributed by atoms with Gasteiger partial charge in [0, 0.05) is 18.9 Å². The van der Waals surface area contributed by atoms with Gasteiger partial charge in [-0.2, -0.15) is 4.98 Å². The summed E-state index contributed by atoms with van der Waals surface area (Å²) in [6.07, 6.45) is 1.87. The van der Waals surface area contributed by atoms with Gasteiger partial charge in [0.2, 0.25) is 5.78 Å². The molecule has 1 atom stereocenters. The molecule has 0 aliphatic carbocycles. The minimum Gasteiger partial charge on any atom is -0.307 e. The Morgan fingerprint density at radius 1 is 1.03 bits per heavy atom. The first kappa shape index (κ1) is 20.0. The first-order valence-corrected chi connectivity index (χ1v) is 10.4. The second-order valence-electron chi connectivity index (χ2n) is 8.04. The lowest BCUT2D eigenvalue weighted by atomic mass is 10.1. The van der Waals surface area contributed by atoms with Crippen LogP contribution < -0.4 is 11.2 Å². The number of hydrogen-bond donors (Lipinski definition) is 0. The lowest BCUT2D eigenvalue weighted by molar-refractivity contribution is 0.623. The number of halogens is 1. The lowest BCUT2D eigenvalue weighted by Crippen LogP contribution is -2.39. The molecule has 0 unspecified atom stereocenters. The number of aromatic nitrogens is 5. The normalized spacial score (nSPS) is 12.6. The number of aryl methyl sites for hydroxylation is 2. The summed E-state index contributed by atoms with van der Waals surface area (Å²) in [7, 11) is 1.61. The summed E-state index contributed by atoms with van der Waals surface area (Å²) in [6, 6.07) is 15.8. The molecule has 5 rings (SSSR count). The van der Waals surface area contributed by atoms with Gasteiger partial charge in [-0.25, -0.2) is 9.18 Å². The number of rotatable bonds is 4. The van der Waals surface area contributed by atoms with Crippen LogP contribution in [0.2, 0.25) is 0 Å². The number of imidazole rings is 2. The van der Waals surface area contributed by atoms with E-state index in [-0.39, 0.29) is 18.4 Å². The highest BCUT2D eigenvalue weighted by molar-refractivity contribution is 5.75. The van der Waals surface area contributed by atoms with Crippen LogP contribution in [0.3, 0.4) is 0 Å². The monoisotopic (exact) mass is 431 g/mol. The van der Waals surface area contributed by atoms with Crippen LogP contribution in [-0.2, 0) is 13.6 Å². The molecular weight excluding hydrogens is 409 g/mol. The summed E-state index contributed by atoms with van der Waals surface area (Å²) in [5.74, 6) is 0.229. The molecular formula is C24H22FN5O2. The van der Waals surface area contributed by atoms with E-state index in [1.807, 2.05) is 31.3 Å². The maximum absolute atomic E-state index is 13.4. The summed E-state index contributed by atoms with van der Waals surface area (Å²) >= 11 is 0. The zero-order valence-electron chi connectivity index (χ0n) is 18.0. The third kappa shape index (κ3) is 2.98. The van der Waals surface area contributed by atoms with Crippen LogP contribution in [0.4, 0.5) is 4.39 Å². The SMILES string of the molecule is Cc1cn2c3c(=O)n(Cc4ccc(F)cc4)c(=O)n(C)c3nc2n1[C@@H](C)c1ccccc1. The fraction of sp³-hybridized carbons (Fsp3) is 0.208. The lowest BCUT2D eigenvalue weighted by Gasteiger charge is -2.16. The Morgan fingerprint density at radius 2 is 1.72 bits per heavy atom. The minimum atomic E-state index is -0.466. The fourth-order valence-corrected chi connectivity index (χ4v) is 4.30. The number of nitrogens with zero attached hydrogens (tertiary/aromatic N) is 5. The van der Waals surface area contributed by atoms with Crippen molar-refractivity contribution in [1.82, 2.24) is 23.1 Å². The van der Waals surface area contributed by atoms with Gasteiger partial charge in [0.25, 0.3) is 5.56 Å². The van der Waals surface area contributed by atoms with E-state index in [4.69, 9.17) is 0 Å². The van der Waals surface area contributed by atoms with Crippen molar-refractivity contribution in [2.75, 3.05) is 0 Å². The average molecular weight is 431 g/mol. The van der Waals surface area contributed by atoms with E-state index in [1.165, 1.54) is 16.7 Å². The van der Waals surface area contributed by atoms with E-state index in [2.05, 4.69) is 28.6 Å². The minimum absolute atomic E-state index is 0.0102. The average Bonchev–Trinajstić information content (AvgIpc) is 3.31. The molecule has 0 radical (unpaired) electrons. The molecule has 0 spiro atoms. The quantitative estimate of drug-likeness (QED) is 0.439. The Hall–Kier alpha value is -3.94. The maximum Gasteiger partial charge on any atom is 0.332 e. The molecule has 0 aliphatic heterocycles. The number of hydrogen-bond acceptors (Lipinski definition) is 3. The molecule has 3 aromatic heterocycles. The van der Waals surface area contributed by atoms with Crippen LogP contribution in [-0.4, -0.2) is 23.1 Å². The first-order valence-electron chi connectivity index (χ1n) is 10.4. The highest BCUT2D eigenvalue weighted by Crippen LogP contribution is 2.25. The Morgan fingerprint density at radius 3 is 2.41 bits per heavy atom. The molecule has 0 amide bonds. The van der Waals surface area contributed by atoms with Gasteiger partial charge in [-0.3, -0.25) is 18.3 Å². The van der Waals surface area contributed by atoms with Crippen LogP contribution in [0, 0.1) is 12.7 Å². The highest BCUT2D eigenvalue weighted by Gasteiger charge is 2.22. The van der Waals surface area contributed by atoms with E-state index in [0.717, 1.165) is 15.8 Å². The number of fused-ring (bicyclic) bond motifs is 3. The van der Waals surface area contributed by atoms with Gasteiger partial charge >= 0.3 is 5.69 Å². The van der Waals surface area contributed by atoms with Crippen LogP contribution in [0.25, 0.3) is 16.9 Å². The topological polar surface area (TPSA) is 66.2 Å². The summed E-state index contributed by atoms with van der Waals surface area (Å²) in [5.41, 5.74) is 2.51. The summed E-state index contributed by atoms with van der Waals surface area (Å²) in [5, 5.41) is 0. The first-order chi connectivity index (χ1) is 15.4. The van der Waals surface area contributed by atoms with E-state index in [0.29, 0.717) is 22.5 Å². The molecule has 0 saturated heterocycles. The third-order valence-electron chi connectivity index (χ3n) is 5.99. The zero-order chi connectivity index (χ0) is 22.6. The molecule has 0 fully saturated rings. The van der Waals surface area contributed by atoms with Crippen LogP contribution in [0.1, 0.15) is 29.8 Å². The van der Waals surface area contributed by atoms with Gasteiger partial charge in [-0.15, -0.1) is 0 Å². The Balaban J connectivity index is 1.74. The van der Waals surface area contributed by atoms with Crippen LogP contribution in [0.15, 0.2) is 70.4 Å². The fourth-order valence-electron chi connectivity index (χ4n) is 4.30. The molecule has 32 heavy (non-hydrogen) atoms. The zero-order valence-corrected chi connectivity index (χ0v) is 18.0. The predicted molar refractivity (Wildman–Crippen MR) is 121 cm³/mol. The van der Waals surface area contributed by atoms with E-state index in [9.17, 15) is 14.0 Å². The molecule has 3 heterocycles. The molecule has 162 valence electrons. The van der Waals surface area contributed by atoms with Crippen molar-refractivity contribution in [3.63, 3.8) is 0 Å². The Kier molecular flexibility index (Phi) is 4.58. The maximum atomic E-state index is 13.4. The van der Waals surface area contributed by atoms with E-state index >= 15 is 0 Å². The summed E-state index contributed by atoms with van der Waals surface area (Å²) in [4.78, 5) is 31.1. The van der Waals surface area contributed by atoms with Gasteiger partial charge in [0.05, 0.1) is 12.6 Å². The van der Waals surface area contributed by atoms with Gasteiger partial charge in [0.15, 0.2) is 11.2 Å². The molecule has 0 bridgehead atoms. The van der Waals surface area contributed by atoms with Crippen molar-refractivity contribution in [1.29, 1.82) is 0 Å². The number of benzene rings is 2. The summed E-state index contributed by atoms with van der Waals surface area (Å²) < 4.78 is 19.6. The molecule has 0 saturated carbocycles. The molecule has 7 nitrogen and oxygen atoms in total. The van der Waals surface area contributed by atoms with Crippen molar-refractivity contribution in [3.8, 4) is 0 Å². The van der Waals surface area contributed by atoms with Crippen molar-refractivity contribution in [2.45, 2.75) is 26.4 Å². The van der Waals surface area contributed by atoms with Crippen molar-refractivity contribution >= 4 is 16.9 Å². The largest absolute Gasteiger partial charge is 0.332 e. The second kappa shape index (κ2) is 7.33. The predicted octanol–water partition coefficient (Wildman–Crippen LogP) is 3.25. The van der Waals surface area contributed by atoms with E-state index < -0.39 is 11.2 Å². The van der Waals surface area contributed by atoms with Gasteiger partial charge in [-0.05, 0) is 37.1 Å². The third-order valence-corrected chi connectivity index (χ3v) is 5.99. The van der Waals surface area contributed by atoms with Crippen molar-refractivity contribution < 1.29 is 4.39 Å². The molecule has 0 N–H and O–H groups in total. The summed E-state index contributed by atoms with van der Waals surface area (Å²) in [6.45, 7) is 4.10. The molecule has 8 heteroatoms. The van der Waals surface area contributed by atoms with E-state index in [1.54, 1.807) is 23.6 Å². The Bertz CT molecular complexity index is 1570. The van der Waals surface area contributed by atoms with Gasteiger partial charge in [-0.1, -0.05) is 42.5 Å².